The second-order valence-corrected chi connectivity index (χ2v) is 8.22. The molecule has 2 heterocycles. The lowest BCUT2D eigenvalue weighted by Gasteiger charge is -2.16. The lowest BCUT2D eigenvalue weighted by Crippen LogP contribution is -2.21. The largest absolute Gasteiger partial charge is 0.459 e. The number of esters is 1. The minimum absolute atomic E-state index is 0.169. The monoisotopic (exact) mass is 429 g/mol. The van der Waals surface area contributed by atoms with Gasteiger partial charge in [-0.1, -0.05) is 31.2 Å². The highest BCUT2D eigenvalue weighted by Crippen LogP contribution is 2.27. The van der Waals surface area contributed by atoms with Gasteiger partial charge in [0.25, 0.3) is 5.56 Å². The molecule has 2 aromatic heterocycles. The molecule has 0 aliphatic heterocycles. The average molecular weight is 430 g/mol. The fourth-order valence-electron chi connectivity index (χ4n) is 3.24. The highest BCUT2D eigenvalue weighted by Gasteiger charge is 2.20. The third kappa shape index (κ3) is 5.13. The van der Waals surface area contributed by atoms with E-state index in [9.17, 15) is 9.59 Å². The fourth-order valence-corrected chi connectivity index (χ4v) is 4.34. The van der Waals surface area contributed by atoms with Crippen LogP contribution in [0, 0.1) is 6.92 Å². The van der Waals surface area contributed by atoms with Crippen molar-refractivity contribution in [2.24, 2.45) is 0 Å². The number of carbonyl (C=O) groups excluding carboxylic acids is 1. The number of hydrogen-bond acceptors (Lipinski definition) is 7. The number of hydrogen-bond donors (Lipinski definition) is 1. The van der Waals surface area contributed by atoms with Crippen molar-refractivity contribution in [1.82, 2.24) is 14.9 Å². The number of aromatic nitrogens is 2. The predicted octanol–water partition coefficient (Wildman–Crippen LogP) is 3.29. The van der Waals surface area contributed by atoms with Crippen LogP contribution in [-0.4, -0.2) is 48.2 Å². The Labute approximate surface area is 179 Å². The van der Waals surface area contributed by atoms with Crippen molar-refractivity contribution in [3.8, 4) is 0 Å². The zero-order valence-corrected chi connectivity index (χ0v) is 18.6. The minimum Gasteiger partial charge on any atom is -0.459 e. The van der Waals surface area contributed by atoms with E-state index in [1.807, 2.05) is 7.05 Å². The lowest BCUT2D eigenvalue weighted by molar-refractivity contribution is 0.0393. The van der Waals surface area contributed by atoms with E-state index in [-0.39, 0.29) is 12.2 Å². The van der Waals surface area contributed by atoms with E-state index in [1.165, 1.54) is 22.5 Å². The zero-order valence-electron chi connectivity index (χ0n) is 17.8. The number of H-pyrrole nitrogens is 1. The van der Waals surface area contributed by atoms with Crippen molar-refractivity contribution in [3.63, 3.8) is 0 Å². The Morgan fingerprint density at radius 1 is 1.17 bits per heavy atom. The van der Waals surface area contributed by atoms with Gasteiger partial charge in [0.1, 0.15) is 22.1 Å². The number of nitrogens with zero attached hydrogens (tertiary/aromatic N) is 2. The van der Waals surface area contributed by atoms with Crippen LogP contribution in [0.1, 0.15) is 39.1 Å². The Morgan fingerprint density at radius 3 is 2.53 bits per heavy atom. The Balaban J connectivity index is 1.76. The number of aromatic amines is 1. The maximum atomic E-state index is 12.6. The number of methoxy groups -OCH3 is 1. The van der Waals surface area contributed by atoms with E-state index >= 15 is 0 Å². The molecular formula is C22H27N3O4S. The van der Waals surface area contributed by atoms with Gasteiger partial charge in [0.05, 0.1) is 18.5 Å². The molecule has 0 spiro atoms. The molecule has 3 rings (SSSR count). The molecular weight excluding hydrogens is 402 g/mol. The minimum atomic E-state index is -0.457. The van der Waals surface area contributed by atoms with Gasteiger partial charge in [-0.3, -0.25) is 9.69 Å². The molecule has 0 radical (unpaired) electrons. The van der Waals surface area contributed by atoms with Gasteiger partial charge in [-0.05, 0) is 37.1 Å². The summed E-state index contributed by atoms with van der Waals surface area (Å²) in [5.74, 6) is 0.113. The van der Waals surface area contributed by atoms with Crippen molar-refractivity contribution < 1.29 is 14.3 Å². The number of nitrogens with one attached hydrogen (secondary N) is 1. The second-order valence-electron chi connectivity index (χ2n) is 7.22. The van der Waals surface area contributed by atoms with Crippen LogP contribution in [-0.2, 0) is 29.0 Å². The number of ether oxygens (including phenoxy) is 2. The maximum absolute atomic E-state index is 12.6. The first-order chi connectivity index (χ1) is 14.4. The molecule has 7 nitrogen and oxygen atoms in total. The topological polar surface area (TPSA) is 84.5 Å². The molecule has 3 aromatic rings. The molecule has 0 saturated carbocycles. The number of thiophene rings is 1. The molecule has 0 aliphatic carbocycles. The summed E-state index contributed by atoms with van der Waals surface area (Å²) in [7, 11) is 3.52. The third-order valence-electron chi connectivity index (χ3n) is 4.86. The van der Waals surface area contributed by atoms with E-state index in [0.717, 1.165) is 13.0 Å². The van der Waals surface area contributed by atoms with Gasteiger partial charge >= 0.3 is 5.97 Å². The molecule has 1 aromatic carbocycles. The Morgan fingerprint density at radius 2 is 1.87 bits per heavy atom. The van der Waals surface area contributed by atoms with Crippen molar-refractivity contribution in [2.75, 3.05) is 27.4 Å². The van der Waals surface area contributed by atoms with Gasteiger partial charge < -0.3 is 14.5 Å². The third-order valence-corrected chi connectivity index (χ3v) is 6.02. The number of aryl methyl sites for hydroxylation is 2. The Hall–Kier alpha value is -2.55. The summed E-state index contributed by atoms with van der Waals surface area (Å²) in [6, 6.07) is 8.52. The van der Waals surface area contributed by atoms with Crippen LogP contribution in [0.2, 0.25) is 0 Å². The molecule has 0 amide bonds. The van der Waals surface area contributed by atoms with E-state index in [1.54, 1.807) is 14.0 Å². The van der Waals surface area contributed by atoms with Gasteiger partial charge in [-0.15, -0.1) is 11.3 Å². The summed E-state index contributed by atoms with van der Waals surface area (Å²) in [5, 5.41) is 0.445. The van der Waals surface area contributed by atoms with Gasteiger partial charge in [0.2, 0.25) is 0 Å². The van der Waals surface area contributed by atoms with Crippen LogP contribution in [0.25, 0.3) is 10.2 Å². The number of benzene rings is 1. The highest BCUT2D eigenvalue weighted by atomic mass is 32.1. The van der Waals surface area contributed by atoms with E-state index in [2.05, 4.69) is 46.1 Å². The molecule has 0 bridgehead atoms. The molecule has 30 heavy (non-hydrogen) atoms. The van der Waals surface area contributed by atoms with Gasteiger partial charge in [-0.25, -0.2) is 9.78 Å². The first-order valence-corrected chi connectivity index (χ1v) is 10.7. The molecule has 0 aliphatic rings. The number of fused-ring (bicyclic) bond motifs is 1. The predicted molar refractivity (Wildman–Crippen MR) is 118 cm³/mol. The zero-order chi connectivity index (χ0) is 21.7. The van der Waals surface area contributed by atoms with Crippen LogP contribution in [0.3, 0.4) is 0 Å². The number of rotatable bonds is 9. The van der Waals surface area contributed by atoms with Crippen molar-refractivity contribution in [3.05, 3.63) is 62.0 Å². The Bertz CT molecular complexity index is 1070. The van der Waals surface area contributed by atoms with Crippen LogP contribution in [0.4, 0.5) is 0 Å². The maximum Gasteiger partial charge on any atom is 0.348 e. The highest BCUT2D eigenvalue weighted by molar-refractivity contribution is 7.20. The molecule has 8 heteroatoms. The smallest absolute Gasteiger partial charge is 0.348 e. The van der Waals surface area contributed by atoms with Gasteiger partial charge in [0, 0.05) is 13.7 Å². The summed E-state index contributed by atoms with van der Waals surface area (Å²) in [6.45, 7) is 5.61. The molecule has 0 fully saturated rings. The summed E-state index contributed by atoms with van der Waals surface area (Å²) in [5.41, 5.74) is 2.87. The summed E-state index contributed by atoms with van der Waals surface area (Å²) < 4.78 is 10.1. The molecule has 0 atom stereocenters. The van der Waals surface area contributed by atoms with Crippen molar-refractivity contribution in [1.29, 1.82) is 0 Å². The van der Waals surface area contributed by atoms with Crippen molar-refractivity contribution >= 4 is 27.5 Å². The number of carbonyl (C=O) groups is 1. The average Bonchev–Trinajstić information content (AvgIpc) is 3.05. The first kappa shape index (κ1) is 22.1. The molecule has 0 saturated heterocycles. The molecule has 160 valence electrons. The quantitative estimate of drug-likeness (QED) is 0.415. The van der Waals surface area contributed by atoms with Crippen LogP contribution < -0.4 is 5.56 Å². The van der Waals surface area contributed by atoms with Crippen LogP contribution in [0.5, 0.6) is 0 Å². The van der Waals surface area contributed by atoms with Crippen LogP contribution >= 0.6 is 11.3 Å². The van der Waals surface area contributed by atoms with Crippen LogP contribution in [0.15, 0.2) is 29.1 Å². The Kier molecular flexibility index (Phi) is 7.36. The van der Waals surface area contributed by atoms with Crippen molar-refractivity contribution in [2.45, 2.75) is 33.4 Å². The van der Waals surface area contributed by atoms with E-state index in [0.29, 0.717) is 39.6 Å². The van der Waals surface area contributed by atoms with Gasteiger partial charge in [0.15, 0.2) is 0 Å². The first-order valence-electron chi connectivity index (χ1n) is 9.87. The van der Waals surface area contributed by atoms with Gasteiger partial charge in [-0.2, -0.15) is 0 Å². The summed E-state index contributed by atoms with van der Waals surface area (Å²) in [4.78, 5) is 35.5. The summed E-state index contributed by atoms with van der Waals surface area (Å²) >= 11 is 1.19. The normalized spacial score (nSPS) is 11.4. The van der Waals surface area contributed by atoms with E-state index in [4.69, 9.17) is 9.47 Å². The SMILES string of the molecule is CCc1ccc(CN(C)Cc2nc3sc(C(=O)OCCOC)c(C)c3c(=O)[nH]2)cc1. The fraction of sp³-hybridized carbons (Fsp3) is 0.409. The lowest BCUT2D eigenvalue weighted by atomic mass is 10.1. The molecule has 1 N–H and O–H groups in total. The molecule has 0 unspecified atom stereocenters. The standard InChI is InChI=1S/C22H27N3O4S/c1-5-15-6-8-16(9-7-15)12-25(3)13-17-23-20(26)18-14(2)19(30-21(18)24-17)22(27)29-11-10-28-4/h6-9H,5,10-13H2,1-4H3,(H,23,24,26). The van der Waals surface area contributed by atoms with E-state index < -0.39 is 5.97 Å². The second kappa shape index (κ2) is 9.97. The summed E-state index contributed by atoms with van der Waals surface area (Å²) in [6.07, 6.45) is 1.02.